The van der Waals surface area contributed by atoms with Gasteiger partial charge < -0.3 is 9.88 Å². The van der Waals surface area contributed by atoms with Crippen LogP contribution in [0.3, 0.4) is 0 Å². The molecule has 3 heteroatoms. The third-order valence-electron chi connectivity index (χ3n) is 4.40. The molecule has 0 unspecified atom stereocenters. The van der Waals surface area contributed by atoms with Crippen LogP contribution in [0.5, 0.6) is 0 Å². The van der Waals surface area contributed by atoms with E-state index in [2.05, 4.69) is 51.4 Å². The van der Waals surface area contributed by atoms with Crippen LogP contribution in [-0.2, 0) is 6.42 Å². The molecule has 3 nitrogen and oxygen atoms in total. The van der Waals surface area contributed by atoms with E-state index in [1.165, 1.54) is 37.7 Å². The molecule has 0 bridgehead atoms. The fourth-order valence-electron chi connectivity index (χ4n) is 3.24. The summed E-state index contributed by atoms with van der Waals surface area (Å²) in [6.45, 7) is 0.985. The Bertz CT molecular complexity index is 526. The molecule has 2 aromatic rings. The number of rotatable bonds is 6. The fourth-order valence-corrected chi connectivity index (χ4v) is 3.24. The minimum Gasteiger partial charge on any atom is -0.356 e. The first-order valence-electron chi connectivity index (χ1n) is 8.24. The van der Waals surface area contributed by atoms with E-state index in [1.54, 1.807) is 0 Å². The van der Waals surface area contributed by atoms with Crippen molar-refractivity contribution in [3.05, 3.63) is 48.3 Å². The van der Waals surface area contributed by atoms with Gasteiger partial charge in [0.15, 0.2) is 0 Å². The Balaban J connectivity index is 1.48. The first-order valence-corrected chi connectivity index (χ1v) is 8.24. The number of hydrogen-bond donors (Lipinski definition) is 1. The Kier molecular flexibility index (Phi) is 4.93. The fraction of sp³-hybridized carbons (Fsp3) is 0.500. The summed E-state index contributed by atoms with van der Waals surface area (Å²) in [6, 6.07) is 11.3. The van der Waals surface area contributed by atoms with Crippen LogP contribution < -0.4 is 5.32 Å². The van der Waals surface area contributed by atoms with Gasteiger partial charge in [-0.15, -0.1) is 0 Å². The van der Waals surface area contributed by atoms with Gasteiger partial charge in [0.1, 0.15) is 0 Å². The number of aromatic nitrogens is 2. The van der Waals surface area contributed by atoms with E-state index in [0.29, 0.717) is 6.04 Å². The molecule has 0 radical (unpaired) electrons. The summed E-state index contributed by atoms with van der Waals surface area (Å²) in [5.41, 5.74) is 1.41. The summed E-state index contributed by atoms with van der Waals surface area (Å²) in [4.78, 5) is 4.49. The zero-order chi connectivity index (χ0) is 14.3. The van der Waals surface area contributed by atoms with Gasteiger partial charge in [0.05, 0.1) is 0 Å². The molecule has 1 aromatic heterocycles. The number of imidazole rings is 1. The van der Waals surface area contributed by atoms with Crippen molar-refractivity contribution < 1.29 is 0 Å². The second kappa shape index (κ2) is 7.30. The van der Waals surface area contributed by atoms with Crippen LogP contribution in [0.2, 0.25) is 0 Å². The number of anilines is 1. The molecule has 1 fully saturated rings. The van der Waals surface area contributed by atoms with E-state index in [-0.39, 0.29) is 0 Å². The molecule has 0 atom stereocenters. The molecule has 0 aliphatic heterocycles. The highest BCUT2D eigenvalue weighted by molar-refractivity contribution is 5.27. The second-order valence-electron chi connectivity index (χ2n) is 5.97. The van der Waals surface area contributed by atoms with Gasteiger partial charge in [0, 0.05) is 25.0 Å². The van der Waals surface area contributed by atoms with E-state index in [4.69, 9.17) is 0 Å². The lowest BCUT2D eigenvalue weighted by atomic mass is 9.95. The molecule has 21 heavy (non-hydrogen) atoms. The van der Waals surface area contributed by atoms with E-state index in [1.807, 2.05) is 6.20 Å². The van der Waals surface area contributed by atoms with Gasteiger partial charge in [-0.25, -0.2) is 4.98 Å². The van der Waals surface area contributed by atoms with E-state index < -0.39 is 0 Å². The highest BCUT2D eigenvalue weighted by Gasteiger charge is 2.17. The molecular weight excluding hydrogens is 258 g/mol. The molecule has 0 amide bonds. The van der Waals surface area contributed by atoms with Crippen molar-refractivity contribution in [1.29, 1.82) is 0 Å². The van der Waals surface area contributed by atoms with Crippen molar-refractivity contribution in [2.45, 2.75) is 51.0 Å². The number of benzene rings is 1. The average molecular weight is 283 g/mol. The van der Waals surface area contributed by atoms with Gasteiger partial charge in [-0.2, -0.15) is 0 Å². The number of nitrogens with one attached hydrogen (secondary N) is 1. The van der Waals surface area contributed by atoms with Crippen LogP contribution in [0.4, 0.5) is 5.95 Å². The normalized spacial score (nSPS) is 16.0. The van der Waals surface area contributed by atoms with Gasteiger partial charge in [-0.3, -0.25) is 0 Å². The van der Waals surface area contributed by atoms with Crippen molar-refractivity contribution in [2.75, 3.05) is 11.9 Å². The molecule has 1 heterocycles. The first-order chi connectivity index (χ1) is 10.4. The van der Waals surface area contributed by atoms with E-state index in [9.17, 15) is 0 Å². The van der Waals surface area contributed by atoms with Crippen LogP contribution in [0, 0.1) is 0 Å². The summed E-state index contributed by atoms with van der Waals surface area (Å²) in [6.07, 6.45) is 13.0. The maximum Gasteiger partial charge on any atom is 0.203 e. The largest absolute Gasteiger partial charge is 0.356 e. The zero-order valence-electron chi connectivity index (χ0n) is 12.7. The van der Waals surface area contributed by atoms with Crippen molar-refractivity contribution in [3.8, 4) is 0 Å². The van der Waals surface area contributed by atoms with Gasteiger partial charge >= 0.3 is 0 Å². The molecule has 0 saturated heterocycles. The minimum atomic E-state index is 0.651. The predicted molar refractivity (Wildman–Crippen MR) is 87.6 cm³/mol. The zero-order valence-corrected chi connectivity index (χ0v) is 12.7. The monoisotopic (exact) mass is 283 g/mol. The summed E-state index contributed by atoms with van der Waals surface area (Å²) in [7, 11) is 0. The standard InChI is InChI=1S/C18H25N3/c1-3-8-16(9-4-1)10-7-13-19-18-20-14-15-21(18)17-11-5-2-6-12-17/h1,3-4,8-9,14-15,17H,2,5-7,10-13H2,(H,19,20). The lowest BCUT2D eigenvalue weighted by Crippen LogP contribution is -2.16. The van der Waals surface area contributed by atoms with Crippen LogP contribution in [0.25, 0.3) is 0 Å². The molecule has 1 aliphatic rings. The van der Waals surface area contributed by atoms with Crippen molar-refractivity contribution in [1.82, 2.24) is 9.55 Å². The summed E-state index contributed by atoms with van der Waals surface area (Å²) in [5, 5.41) is 3.51. The van der Waals surface area contributed by atoms with Gasteiger partial charge in [-0.05, 0) is 31.2 Å². The Morgan fingerprint density at radius 2 is 1.90 bits per heavy atom. The lowest BCUT2D eigenvalue weighted by molar-refractivity contribution is 0.356. The smallest absolute Gasteiger partial charge is 0.203 e. The molecule has 3 rings (SSSR count). The van der Waals surface area contributed by atoms with Crippen molar-refractivity contribution in [2.24, 2.45) is 0 Å². The van der Waals surface area contributed by atoms with Crippen LogP contribution in [0.1, 0.15) is 50.1 Å². The molecular formula is C18H25N3. The number of hydrogen-bond acceptors (Lipinski definition) is 2. The maximum absolute atomic E-state index is 4.49. The third-order valence-corrected chi connectivity index (χ3v) is 4.40. The molecule has 112 valence electrons. The molecule has 1 aromatic carbocycles. The van der Waals surface area contributed by atoms with Gasteiger partial charge in [-0.1, -0.05) is 49.6 Å². The molecule has 0 spiro atoms. The minimum absolute atomic E-state index is 0.651. The summed E-state index contributed by atoms with van der Waals surface area (Å²) in [5.74, 6) is 1.05. The van der Waals surface area contributed by atoms with Crippen LogP contribution >= 0.6 is 0 Å². The Morgan fingerprint density at radius 1 is 1.10 bits per heavy atom. The Hall–Kier alpha value is -1.77. The summed E-state index contributed by atoms with van der Waals surface area (Å²) < 4.78 is 2.35. The summed E-state index contributed by atoms with van der Waals surface area (Å²) >= 11 is 0. The topological polar surface area (TPSA) is 29.9 Å². The number of aryl methyl sites for hydroxylation is 1. The first kappa shape index (κ1) is 14.2. The van der Waals surface area contributed by atoms with Crippen molar-refractivity contribution >= 4 is 5.95 Å². The van der Waals surface area contributed by atoms with Crippen LogP contribution in [-0.4, -0.2) is 16.1 Å². The SMILES string of the molecule is c1ccc(CCCNc2nccn2C2CCCCC2)cc1. The second-order valence-corrected chi connectivity index (χ2v) is 5.97. The highest BCUT2D eigenvalue weighted by atomic mass is 15.2. The van der Waals surface area contributed by atoms with Gasteiger partial charge in [0.2, 0.25) is 5.95 Å². The Morgan fingerprint density at radius 3 is 2.71 bits per heavy atom. The van der Waals surface area contributed by atoms with Crippen LogP contribution in [0.15, 0.2) is 42.7 Å². The average Bonchev–Trinajstić information content (AvgIpc) is 3.02. The molecule has 1 saturated carbocycles. The number of nitrogens with zero attached hydrogens (tertiary/aromatic N) is 2. The Labute approximate surface area is 127 Å². The molecule has 1 aliphatic carbocycles. The van der Waals surface area contributed by atoms with E-state index >= 15 is 0 Å². The van der Waals surface area contributed by atoms with Gasteiger partial charge in [0.25, 0.3) is 0 Å². The predicted octanol–water partition coefficient (Wildman–Crippen LogP) is 4.43. The highest BCUT2D eigenvalue weighted by Crippen LogP contribution is 2.30. The maximum atomic E-state index is 4.49. The third kappa shape index (κ3) is 3.87. The lowest BCUT2D eigenvalue weighted by Gasteiger charge is -2.24. The quantitative estimate of drug-likeness (QED) is 0.795. The molecule has 1 N–H and O–H groups in total. The van der Waals surface area contributed by atoms with E-state index in [0.717, 1.165) is 25.3 Å². The van der Waals surface area contributed by atoms with Crippen molar-refractivity contribution in [3.63, 3.8) is 0 Å².